The van der Waals surface area contributed by atoms with Crippen molar-refractivity contribution in [3.05, 3.63) is 87.1 Å². The number of carbonyl (C=O) groups is 3. The summed E-state index contributed by atoms with van der Waals surface area (Å²) < 4.78 is 4.52. The SMILES string of the molecule is C.CC(C)C/C(=N/O)c1cccc([N+](=O)[O-])c1.CC(C)NC(=O)C1=NC=CC1.CC(C)SCc1ccccc1Cl.CCOC(=O)C(=O)CC(C)C. The molecule has 3 rings (SSSR count). The number of ketones is 1. The average molecular weight is 749 g/mol. The molecule has 0 radical (unpaired) electrons. The molecule has 0 aliphatic carbocycles. The van der Waals surface area contributed by atoms with Gasteiger partial charge in [-0.15, -0.1) is 0 Å². The highest BCUT2D eigenvalue weighted by Gasteiger charge is 2.16. The van der Waals surface area contributed by atoms with Gasteiger partial charge in [0.2, 0.25) is 5.78 Å². The Labute approximate surface area is 313 Å². The van der Waals surface area contributed by atoms with Crippen molar-refractivity contribution in [2.45, 2.75) is 106 Å². The van der Waals surface area contributed by atoms with Crippen LogP contribution < -0.4 is 5.32 Å². The molecule has 0 bridgehead atoms. The van der Waals surface area contributed by atoms with E-state index >= 15 is 0 Å². The Kier molecular flexibility index (Phi) is 26.6. The molecule has 284 valence electrons. The van der Waals surface area contributed by atoms with Gasteiger partial charge in [-0.3, -0.25) is 24.7 Å². The van der Waals surface area contributed by atoms with Crippen molar-refractivity contribution in [3.8, 4) is 0 Å². The third kappa shape index (κ3) is 23.1. The van der Waals surface area contributed by atoms with E-state index in [1.165, 1.54) is 17.7 Å². The number of allylic oxidation sites excluding steroid dienone is 1. The number of halogens is 1. The van der Waals surface area contributed by atoms with E-state index in [4.69, 9.17) is 16.8 Å². The van der Waals surface area contributed by atoms with E-state index in [0.717, 1.165) is 10.8 Å². The van der Waals surface area contributed by atoms with Crippen LogP contribution >= 0.6 is 23.4 Å². The van der Waals surface area contributed by atoms with Gasteiger partial charge in [0.25, 0.3) is 11.6 Å². The van der Waals surface area contributed by atoms with Crippen LogP contribution in [-0.4, -0.2) is 57.1 Å². The first kappa shape index (κ1) is 49.1. The predicted octanol–water partition coefficient (Wildman–Crippen LogP) is 9.47. The molecule has 2 N–H and O–H groups in total. The molecular formula is C38H57ClN4O7S. The zero-order valence-corrected chi connectivity index (χ0v) is 32.2. The summed E-state index contributed by atoms with van der Waals surface area (Å²) in [5.74, 6) is 0.363. The number of ether oxygens (including phenoxy) is 1. The molecule has 1 aliphatic heterocycles. The quantitative estimate of drug-likeness (QED) is 0.0511. The van der Waals surface area contributed by atoms with Gasteiger partial charge in [-0.1, -0.05) is 102 Å². The summed E-state index contributed by atoms with van der Waals surface area (Å²) in [5, 5.41) is 27.0. The number of nitrogens with zero attached hydrogens (tertiary/aromatic N) is 3. The first-order valence-electron chi connectivity index (χ1n) is 16.5. The molecular weight excluding hydrogens is 692 g/mol. The van der Waals surface area contributed by atoms with Crippen LogP contribution in [0.4, 0.5) is 5.69 Å². The second-order valence-corrected chi connectivity index (χ2v) is 14.4. The van der Waals surface area contributed by atoms with Crippen LogP contribution in [0.5, 0.6) is 0 Å². The molecule has 1 aliphatic rings. The Hall–Kier alpha value is -4.03. The Morgan fingerprint density at radius 3 is 2.12 bits per heavy atom. The summed E-state index contributed by atoms with van der Waals surface area (Å²) in [6.45, 7) is 18.0. The number of thioether (sulfide) groups is 1. The van der Waals surface area contributed by atoms with Crippen molar-refractivity contribution in [1.29, 1.82) is 0 Å². The molecule has 0 spiro atoms. The molecule has 51 heavy (non-hydrogen) atoms. The fourth-order valence-corrected chi connectivity index (χ4v) is 4.84. The lowest BCUT2D eigenvalue weighted by atomic mass is 10.0. The largest absolute Gasteiger partial charge is 0.460 e. The predicted molar refractivity (Wildman–Crippen MR) is 211 cm³/mol. The van der Waals surface area contributed by atoms with E-state index in [2.05, 4.69) is 40.1 Å². The zero-order chi connectivity index (χ0) is 38.2. The number of esters is 1. The molecule has 0 saturated carbocycles. The van der Waals surface area contributed by atoms with Crippen LogP contribution in [0.3, 0.4) is 0 Å². The van der Waals surface area contributed by atoms with Crippen molar-refractivity contribution in [2.24, 2.45) is 22.0 Å². The number of non-ortho nitro benzene ring substituents is 1. The first-order chi connectivity index (χ1) is 23.5. The highest BCUT2D eigenvalue weighted by Crippen LogP contribution is 2.23. The summed E-state index contributed by atoms with van der Waals surface area (Å²) in [5.41, 5.74) is 2.91. The minimum absolute atomic E-state index is 0. The van der Waals surface area contributed by atoms with Crippen LogP contribution in [0.25, 0.3) is 0 Å². The van der Waals surface area contributed by atoms with Crippen molar-refractivity contribution in [2.75, 3.05) is 6.61 Å². The third-order valence-corrected chi connectivity index (χ3v) is 7.58. The molecule has 0 unspecified atom stereocenters. The van der Waals surface area contributed by atoms with Gasteiger partial charge in [-0.05, 0) is 55.9 Å². The van der Waals surface area contributed by atoms with Crippen molar-refractivity contribution >= 4 is 58.1 Å². The van der Waals surface area contributed by atoms with Crippen LogP contribution in [0, 0.1) is 22.0 Å². The fourth-order valence-electron chi connectivity index (χ4n) is 3.80. The lowest BCUT2D eigenvalue weighted by molar-refractivity contribution is -0.384. The maximum absolute atomic E-state index is 11.2. The molecule has 0 saturated heterocycles. The normalized spacial score (nSPS) is 11.6. The molecule has 13 heteroatoms. The second-order valence-electron chi connectivity index (χ2n) is 12.4. The monoisotopic (exact) mass is 748 g/mol. The Morgan fingerprint density at radius 2 is 1.65 bits per heavy atom. The summed E-state index contributed by atoms with van der Waals surface area (Å²) >= 11 is 7.91. The molecule has 0 aromatic heterocycles. The average Bonchev–Trinajstić information content (AvgIpc) is 3.59. The number of carbonyl (C=O) groups excluding carboxylic acids is 3. The van der Waals surface area contributed by atoms with Gasteiger partial charge in [-0.2, -0.15) is 11.8 Å². The van der Waals surface area contributed by atoms with Gasteiger partial charge in [0.05, 0.1) is 17.2 Å². The van der Waals surface area contributed by atoms with Crippen LogP contribution in [0.1, 0.15) is 100 Å². The van der Waals surface area contributed by atoms with E-state index in [1.54, 1.807) is 25.3 Å². The highest BCUT2D eigenvalue weighted by molar-refractivity contribution is 7.99. The summed E-state index contributed by atoms with van der Waals surface area (Å²) in [6, 6.07) is 14.3. The van der Waals surface area contributed by atoms with Gasteiger partial charge in [0, 0.05) is 53.6 Å². The number of oxime groups is 1. The number of hydrogen-bond donors (Lipinski definition) is 2. The van der Waals surface area contributed by atoms with Crippen molar-refractivity contribution in [1.82, 2.24) is 5.32 Å². The van der Waals surface area contributed by atoms with Gasteiger partial charge in [-0.25, -0.2) is 4.79 Å². The molecule has 1 amide bonds. The molecule has 2 aromatic carbocycles. The van der Waals surface area contributed by atoms with Gasteiger partial charge >= 0.3 is 5.97 Å². The minimum atomic E-state index is -0.707. The molecule has 2 aromatic rings. The Morgan fingerprint density at radius 1 is 1.02 bits per heavy atom. The molecule has 1 heterocycles. The van der Waals surface area contributed by atoms with Crippen LogP contribution in [0.2, 0.25) is 5.02 Å². The summed E-state index contributed by atoms with van der Waals surface area (Å²) in [7, 11) is 0. The topological polar surface area (TPSA) is 161 Å². The number of hydrogen-bond acceptors (Lipinski definition) is 10. The van der Waals surface area contributed by atoms with Crippen LogP contribution in [-0.2, 0) is 24.9 Å². The lowest BCUT2D eigenvalue weighted by Crippen LogP contribution is -2.35. The lowest BCUT2D eigenvalue weighted by Gasteiger charge is -2.06. The summed E-state index contributed by atoms with van der Waals surface area (Å²) in [4.78, 5) is 46.8. The zero-order valence-electron chi connectivity index (χ0n) is 30.6. The molecule has 11 nitrogen and oxygen atoms in total. The van der Waals surface area contributed by atoms with Crippen molar-refractivity contribution < 1.29 is 29.3 Å². The number of nitro groups is 1. The maximum Gasteiger partial charge on any atom is 0.374 e. The fraction of sp³-hybridized carbons (Fsp3) is 0.500. The maximum atomic E-state index is 11.2. The van der Waals surface area contributed by atoms with E-state index in [9.17, 15) is 24.5 Å². The number of Topliss-reactive ketones (excluding diaryl/α,β-unsaturated/α-hetero) is 1. The van der Waals surface area contributed by atoms with Gasteiger partial charge < -0.3 is 15.3 Å². The van der Waals surface area contributed by atoms with Gasteiger partial charge in [0.1, 0.15) is 5.71 Å². The highest BCUT2D eigenvalue weighted by atomic mass is 35.5. The second kappa shape index (κ2) is 27.7. The van der Waals surface area contributed by atoms with Crippen LogP contribution in [0.15, 0.2) is 71.0 Å². The standard InChI is InChI=1S/C11H14N2O3.C10H13ClS.C8H12N2O.C8H14O3.CH4/c1-8(2)6-11(12-14)9-4-3-5-10(7-9)13(15)16;1-8(2)12-7-9-5-3-4-6-10(9)11;1-6(2)10-8(11)7-4-3-5-9-7;1-4-11-8(10)7(9)5-6(2)3;/h3-5,7-8,14H,6H2,1-2H3;3-6,8H,7H2,1-2H3;3,5-6H,4H2,1-2H3,(H,10,11);6H,4-5H2,1-3H3;1H4/b12-11-;;;;. The first-order valence-corrected chi connectivity index (χ1v) is 18.0. The molecule has 0 atom stereocenters. The van der Waals surface area contributed by atoms with E-state index in [-0.39, 0.29) is 44.0 Å². The number of rotatable bonds is 13. The number of amides is 1. The van der Waals surface area contributed by atoms with E-state index in [0.29, 0.717) is 41.0 Å². The van der Waals surface area contributed by atoms with E-state index in [1.807, 2.05) is 77.6 Å². The smallest absolute Gasteiger partial charge is 0.374 e. The Balaban J connectivity index is 0. The number of benzene rings is 2. The summed E-state index contributed by atoms with van der Waals surface area (Å²) in [6.07, 6.45) is 5.06. The van der Waals surface area contributed by atoms with Gasteiger partial charge in [0.15, 0.2) is 0 Å². The van der Waals surface area contributed by atoms with E-state index < -0.39 is 16.7 Å². The third-order valence-electron chi connectivity index (χ3n) is 6.07. The number of aliphatic imine (C=N–C) groups is 1. The number of nitro benzene ring substituents is 1. The molecule has 0 fully saturated rings. The Bertz CT molecular complexity index is 1460. The van der Waals surface area contributed by atoms with Crippen molar-refractivity contribution in [3.63, 3.8) is 0 Å². The minimum Gasteiger partial charge on any atom is -0.460 e. The number of nitrogens with one attached hydrogen (secondary N) is 1.